The molecule has 18 heavy (non-hydrogen) atoms. The van der Waals surface area contributed by atoms with Crippen LogP contribution in [0.3, 0.4) is 0 Å². The fraction of sp³-hybridized carbons (Fsp3) is 0.182. The summed E-state index contributed by atoms with van der Waals surface area (Å²) in [6.07, 6.45) is 1.56. The molecule has 2 rings (SSSR count). The van der Waals surface area contributed by atoms with Crippen LogP contribution in [0.25, 0.3) is 0 Å². The molecule has 2 amide bonds. The predicted octanol–water partition coefficient (Wildman–Crippen LogP) is 1.32. The number of anilines is 1. The molecule has 0 aliphatic carbocycles. The van der Waals surface area contributed by atoms with E-state index in [0.717, 1.165) is 0 Å². The van der Waals surface area contributed by atoms with Crippen molar-refractivity contribution in [3.8, 4) is 0 Å². The van der Waals surface area contributed by atoms with Gasteiger partial charge in [0, 0.05) is 12.7 Å². The number of rotatable bonds is 4. The molecule has 0 bridgehead atoms. The van der Waals surface area contributed by atoms with Gasteiger partial charge in [0.05, 0.1) is 5.56 Å². The highest BCUT2D eigenvalue weighted by molar-refractivity contribution is 7.14. The lowest BCUT2D eigenvalue weighted by molar-refractivity contribution is 0.100. The number of hydrogen-bond acceptors (Lipinski definition) is 4. The van der Waals surface area contributed by atoms with Crippen LogP contribution in [0.15, 0.2) is 23.7 Å². The molecule has 0 atom stereocenters. The molecule has 0 saturated carbocycles. The first-order chi connectivity index (χ1) is 8.63. The average molecular weight is 264 g/mol. The van der Waals surface area contributed by atoms with Crippen molar-refractivity contribution in [2.75, 3.05) is 5.32 Å². The zero-order chi connectivity index (χ0) is 13.1. The maximum Gasteiger partial charge on any atom is 0.274 e. The van der Waals surface area contributed by atoms with E-state index in [9.17, 15) is 9.59 Å². The maximum atomic E-state index is 12.0. The Morgan fingerprint density at radius 1 is 1.50 bits per heavy atom. The number of hydrogen-bond donors (Lipinski definition) is 2. The van der Waals surface area contributed by atoms with Crippen molar-refractivity contribution < 1.29 is 9.59 Å². The number of carbonyl (C=O) groups excluding carboxylic acids is 2. The molecule has 0 unspecified atom stereocenters. The van der Waals surface area contributed by atoms with Crippen LogP contribution in [-0.2, 0) is 6.54 Å². The minimum absolute atomic E-state index is 0.306. The Morgan fingerprint density at radius 3 is 2.94 bits per heavy atom. The van der Waals surface area contributed by atoms with Crippen molar-refractivity contribution in [3.05, 3.63) is 35.0 Å². The quantitative estimate of drug-likeness (QED) is 0.872. The van der Waals surface area contributed by atoms with Gasteiger partial charge in [0.15, 0.2) is 0 Å². The Hall–Kier alpha value is -2.15. The van der Waals surface area contributed by atoms with E-state index in [1.807, 2.05) is 6.92 Å². The molecule has 94 valence electrons. The Balaban J connectivity index is 2.22. The number of amides is 2. The molecule has 2 heterocycles. The molecule has 3 N–H and O–H groups in total. The molecular weight excluding hydrogens is 252 g/mol. The zero-order valence-electron chi connectivity index (χ0n) is 9.71. The minimum Gasteiger partial charge on any atom is -0.366 e. The first-order valence-corrected chi connectivity index (χ1v) is 6.22. The average Bonchev–Trinajstić information content (AvgIpc) is 2.96. The smallest absolute Gasteiger partial charge is 0.274 e. The Morgan fingerprint density at radius 2 is 2.28 bits per heavy atom. The molecule has 0 aliphatic heterocycles. The van der Waals surface area contributed by atoms with Gasteiger partial charge in [-0.2, -0.15) is 5.10 Å². The van der Waals surface area contributed by atoms with Gasteiger partial charge in [0.2, 0.25) is 0 Å². The van der Waals surface area contributed by atoms with E-state index in [1.165, 1.54) is 11.3 Å². The molecular formula is C11H12N4O2S. The lowest BCUT2D eigenvalue weighted by Crippen LogP contribution is -2.19. The van der Waals surface area contributed by atoms with Crippen LogP contribution in [0.4, 0.5) is 5.00 Å². The van der Waals surface area contributed by atoms with Crippen LogP contribution >= 0.6 is 11.3 Å². The third-order valence-corrected chi connectivity index (χ3v) is 3.24. The lowest BCUT2D eigenvalue weighted by atomic mass is 10.3. The van der Waals surface area contributed by atoms with Crippen molar-refractivity contribution >= 4 is 28.2 Å². The summed E-state index contributed by atoms with van der Waals surface area (Å²) in [5, 5.41) is 8.83. The van der Waals surface area contributed by atoms with Gasteiger partial charge < -0.3 is 11.1 Å². The van der Waals surface area contributed by atoms with Gasteiger partial charge in [0.1, 0.15) is 10.7 Å². The summed E-state index contributed by atoms with van der Waals surface area (Å²) in [7, 11) is 0. The second-order valence-electron chi connectivity index (χ2n) is 3.51. The van der Waals surface area contributed by atoms with E-state index in [0.29, 0.717) is 22.8 Å². The van der Waals surface area contributed by atoms with Gasteiger partial charge in [-0.1, -0.05) is 0 Å². The SMILES string of the molecule is CCn1nccc1C(=O)Nc1sccc1C(N)=O. The number of primary amides is 1. The van der Waals surface area contributed by atoms with Gasteiger partial charge in [-0.25, -0.2) is 0 Å². The largest absolute Gasteiger partial charge is 0.366 e. The fourth-order valence-electron chi connectivity index (χ4n) is 1.54. The van der Waals surface area contributed by atoms with Crippen LogP contribution < -0.4 is 11.1 Å². The van der Waals surface area contributed by atoms with Crippen molar-refractivity contribution in [3.63, 3.8) is 0 Å². The van der Waals surface area contributed by atoms with E-state index in [-0.39, 0.29) is 5.91 Å². The third kappa shape index (κ3) is 2.25. The number of nitrogens with one attached hydrogen (secondary N) is 1. The summed E-state index contributed by atoms with van der Waals surface area (Å²) in [5.41, 5.74) is 5.97. The van der Waals surface area contributed by atoms with Gasteiger partial charge >= 0.3 is 0 Å². The van der Waals surface area contributed by atoms with Crippen molar-refractivity contribution in [1.82, 2.24) is 9.78 Å². The number of nitrogens with two attached hydrogens (primary N) is 1. The van der Waals surface area contributed by atoms with E-state index in [2.05, 4.69) is 10.4 Å². The highest BCUT2D eigenvalue weighted by atomic mass is 32.1. The maximum absolute atomic E-state index is 12.0. The predicted molar refractivity (Wildman–Crippen MR) is 68.7 cm³/mol. The monoisotopic (exact) mass is 264 g/mol. The molecule has 0 saturated heterocycles. The van der Waals surface area contributed by atoms with Crippen LogP contribution in [-0.4, -0.2) is 21.6 Å². The Labute approximate surface area is 107 Å². The summed E-state index contributed by atoms with van der Waals surface area (Å²) in [5.74, 6) is -0.866. The van der Waals surface area contributed by atoms with Gasteiger partial charge in [-0.05, 0) is 24.4 Å². The van der Waals surface area contributed by atoms with Gasteiger partial charge in [-0.15, -0.1) is 11.3 Å². The summed E-state index contributed by atoms with van der Waals surface area (Å²) in [6.45, 7) is 2.49. The number of carbonyl (C=O) groups is 2. The molecule has 0 fully saturated rings. The molecule has 0 aliphatic rings. The summed E-state index contributed by atoms with van der Waals surface area (Å²) in [6, 6.07) is 3.20. The fourth-order valence-corrected chi connectivity index (χ4v) is 2.33. The van der Waals surface area contributed by atoms with Gasteiger partial charge in [0.25, 0.3) is 11.8 Å². The topological polar surface area (TPSA) is 90.0 Å². The molecule has 0 spiro atoms. The molecule has 7 heteroatoms. The third-order valence-electron chi connectivity index (χ3n) is 2.41. The van der Waals surface area contributed by atoms with Crippen molar-refractivity contribution in [1.29, 1.82) is 0 Å². The highest BCUT2D eigenvalue weighted by Crippen LogP contribution is 2.23. The summed E-state index contributed by atoms with van der Waals surface area (Å²) in [4.78, 5) is 23.1. The Kier molecular flexibility index (Phi) is 3.42. The van der Waals surface area contributed by atoms with E-state index < -0.39 is 5.91 Å². The normalized spacial score (nSPS) is 10.3. The van der Waals surface area contributed by atoms with E-state index in [4.69, 9.17) is 5.73 Å². The minimum atomic E-state index is -0.560. The second kappa shape index (κ2) is 5.01. The van der Waals surface area contributed by atoms with Crippen molar-refractivity contribution in [2.45, 2.75) is 13.5 Å². The molecule has 0 radical (unpaired) electrons. The standard InChI is InChI=1S/C11H12N4O2S/c1-2-15-8(3-5-13-15)10(17)14-11-7(9(12)16)4-6-18-11/h3-6H,2H2,1H3,(H2,12,16)(H,14,17). The van der Waals surface area contributed by atoms with E-state index >= 15 is 0 Å². The van der Waals surface area contributed by atoms with Gasteiger partial charge in [-0.3, -0.25) is 14.3 Å². The summed E-state index contributed by atoms with van der Waals surface area (Å²) < 4.78 is 1.58. The first-order valence-electron chi connectivity index (χ1n) is 5.34. The molecule has 2 aromatic rings. The van der Waals surface area contributed by atoms with Crippen LogP contribution in [0, 0.1) is 0 Å². The highest BCUT2D eigenvalue weighted by Gasteiger charge is 2.16. The lowest BCUT2D eigenvalue weighted by Gasteiger charge is -2.06. The molecule has 2 aromatic heterocycles. The first kappa shape index (κ1) is 12.3. The molecule has 0 aromatic carbocycles. The number of aromatic nitrogens is 2. The number of aryl methyl sites for hydroxylation is 1. The molecule has 6 nitrogen and oxygen atoms in total. The van der Waals surface area contributed by atoms with Crippen LogP contribution in [0.1, 0.15) is 27.8 Å². The number of nitrogens with zero attached hydrogens (tertiary/aromatic N) is 2. The van der Waals surface area contributed by atoms with Crippen molar-refractivity contribution in [2.24, 2.45) is 5.73 Å². The summed E-state index contributed by atoms with van der Waals surface area (Å²) >= 11 is 1.25. The second-order valence-corrected chi connectivity index (χ2v) is 4.43. The zero-order valence-corrected chi connectivity index (χ0v) is 10.5. The number of thiophene rings is 1. The van der Waals surface area contributed by atoms with Crippen LogP contribution in [0.2, 0.25) is 0 Å². The van der Waals surface area contributed by atoms with Crippen LogP contribution in [0.5, 0.6) is 0 Å². The Bertz CT molecular complexity index is 587. The van der Waals surface area contributed by atoms with E-state index in [1.54, 1.807) is 28.4 Å².